The molecule has 0 aliphatic rings. The van der Waals surface area contributed by atoms with E-state index >= 15 is 0 Å². The van der Waals surface area contributed by atoms with Gasteiger partial charge < -0.3 is 10.6 Å². The fraction of sp³-hybridized carbons (Fsp3) is 0.500. The molecule has 0 spiro atoms. The number of hydrogen-bond donors (Lipinski definition) is 1. The van der Waals surface area contributed by atoms with Gasteiger partial charge >= 0.3 is 0 Å². The molecular formula is C10H17N5O. The van der Waals surface area contributed by atoms with Crippen LogP contribution >= 0.6 is 0 Å². The van der Waals surface area contributed by atoms with Crippen molar-refractivity contribution in [2.45, 2.75) is 20.0 Å². The van der Waals surface area contributed by atoms with Gasteiger partial charge in [-0.3, -0.25) is 4.79 Å². The van der Waals surface area contributed by atoms with E-state index in [2.05, 4.69) is 16.9 Å². The zero-order valence-corrected chi connectivity index (χ0v) is 9.46. The lowest BCUT2D eigenvalue weighted by Gasteiger charge is -2.18. The summed E-state index contributed by atoms with van der Waals surface area (Å²) in [5, 5.41) is 7.63. The molecule has 16 heavy (non-hydrogen) atoms. The summed E-state index contributed by atoms with van der Waals surface area (Å²) >= 11 is 0. The van der Waals surface area contributed by atoms with Crippen molar-refractivity contribution in [3.8, 4) is 0 Å². The first-order valence-electron chi connectivity index (χ1n) is 5.19. The fourth-order valence-electron chi connectivity index (χ4n) is 1.31. The third-order valence-corrected chi connectivity index (χ3v) is 2.18. The number of likely N-dealkylation sites (N-methyl/N-ethyl adjacent to an activating group) is 1. The number of carbonyl (C=O) groups is 1. The number of aromatic nitrogens is 3. The third-order valence-electron chi connectivity index (χ3n) is 2.18. The summed E-state index contributed by atoms with van der Waals surface area (Å²) in [6.07, 6.45) is 3.38. The molecule has 0 bridgehead atoms. The van der Waals surface area contributed by atoms with Gasteiger partial charge in [0.2, 0.25) is 5.91 Å². The summed E-state index contributed by atoms with van der Waals surface area (Å²) in [6, 6.07) is 0. The second kappa shape index (κ2) is 6.02. The number of nitrogens with two attached hydrogens (primary N) is 1. The van der Waals surface area contributed by atoms with Crippen LogP contribution < -0.4 is 5.73 Å². The molecule has 6 nitrogen and oxygen atoms in total. The summed E-state index contributed by atoms with van der Waals surface area (Å²) in [7, 11) is 0. The van der Waals surface area contributed by atoms with E-state index in [0.717, 1.165) is 0 Å². The van der Waals surface area contributed by atoms with Crippen LogP contribution in [0.4, 0.5) is 0 Å². The molecule has 0 unspecified atom stereocenters. The van der Waals surface area contributed by atoms with Crippen LogP contribution in [0.5, 0.6) is 0 Å². The number of hydrogen-bond acceptors (Lipinski definition) is 4. The Labute approximate surface area is 94.7 Å². The van der Waals surface area contributed by atoms with Gasteiger partial charge in [-0.15, -0.1) is 11.7 Å². The Bertz CT molecular complexity index is 360. The van der Waals surface area contributed by atoms with E-state index < -0.39 is 0 Å². The maximum atomic E-state index is 11.8. The van der Waals surface area contributed by atoms with Gasteiger partial charge in [-0.25, -0.2) is 4.68 Å². The zero-order valence-electron chi connectivity index (χ0n) is 9.46. The van der Waals surface area contributed by atoms with Crippen molar-refractivity contribution >= 4 is 5.91 Å². The molecule has 0 radical (unpaired) electrons. The zero-order chi connectivity index (χ0) is 12.0. The minimum absolute atomic E-state index is 0.00382. The molecule has 1 aromatic rings. The molecule has 0 aliphatic heterocycles. The van der Waals surface area contributed by atoms with E-state index in [9.17, 15) is 4.79 Å². The summed E-state index contributed by atoms with van der Waals surface area (Å²) in [6.45, 7) is 7.26. The average Bonchev–Trinajstić information content (AvgIpc) is 2.73. The van der Waals surface area contributed by atoms with Crippen LogP contribution in [0.3, 0.4) is 0 Å². The Kier molecular flexibility index (Phi) is 4.65. The lowest BCUT2D eigenvalue weighted by atomic mass is 10.4. The highest BCUT2D eigenvalue weighted by Gasteiger charge is 2.11. The van der Waals surface area contributed by atoms with Gasteiger partial charge in [-0.2, -0.15) is 0 Å². The van der Waals surface area contributed by atoms with Crippen molar-refractivity contribution in [1.82, 2.24) is 19.9 Å². The van der Waals surface area contributed by atoms with E-state index in [1.807, 2.05) is 6.92 Å². The van der Waals surface area contributed by atoms with Gasteiger partial charge in [0, 0.05) is 19.6 Å². The molecule has 1 rings (SSSR count). The molecule has 0 fully saturated rings. The minimum atomic E-state index is -0.00382. The maximum absolute atomic E-state index is 11.8. The van der Waals surface area contributed by atoms with E-state index in [0.29, 0.717) is 25.3 Å². The SMILES string of the molecule is C=CCN(CC)C(=O)Cn1cc(CN)nn1. The van der Waals surface area contributed by atoms with Crippen LogP contribution in [0.2, 0.25) is 0 Å². The Hall–Kier alpha value is -1.69. The molecule has 1 aromatic heterocycles. The maximum Gasteiger partial charge on any atom is 0.244 e. The Morgan fingerprint density at radius 3 is 3.00 bits per heavy atom. The summed E-state index contributed by atoms with van der Waals surface area (Å²) in [5.74, 6) is -0.00382. The molecule has 1 heterocycles. The predicted octanol–water partition coefficient (Wildman–Crippen LogP) is -0.229. The molecular weight excluding hydrogens is 206 g/mol. The van der Waals surface area contributed by atoms with E-state index in [-0.39, 0.29) is 12.5 Å². The highest BCUT2D eigenvalue weighted by atomic mass is 16.2. The Balaban J connectivity index is 2.58. The van der Waals surface area contributed by atoms with E-state index in [4.69, 9.17) is 5.73 Å². The fourth-order valence-corrected chi connectivity index (χ4v) is 1.31. The molecule has 0 aliphatic carbocycles. The lowest BCUT2D eigenvalue weighted by Crippen LogP contribution is -2.33. The van der Waals surface area contributed by atoms with Crippen LogP contribution in [0.1, 0.15) is 12.6 Å². The van der Waals surface area contributed by atoms with Crippen LogP contribution in [-0.4, -0.2) is 38.9 Å². The van der Waals surface area contributed by atoms with Crippen LogP contribution in [0.25, 0.3) is 0 Å². The van der Waals surface area contributed by atoms with Gasteiger partial charge in [0.05, 0.1) is 11.9 Å². The topological polar surface area (TPSA) is 77.0 Å². The molecule has 1 amide bonds. The summed E-state index contributed by atoms with van der Waals surface area (Å²) in [5.41, 5.74) is 6.08. The molecule has 6 heteroatoms. The van der Waals surface area contributed by atoms with Crippen molar-refractivity contribution in [1.29, 1.82) is 0 Å². The van der Waals surface area contributed by atoms with Gasteiger partial charge in [-0.05, 0) is 6.92 Å². The lowest BCUT2D eigenvalue weighted by molar-refractivity contribution is -0.131. The Morgan fingerprint density at radius 2 is 2.50 bits per heavy atom. The first-order chi connectivity index (χ1) is 7.71. The van der Waals surface area contributed by atoms with Crippen molar-refractivity contribution in [3.63, 3.8) is 0 Å². The smallest absolute Gasteiger partial charge is 0.244 e. The monoisotopic (exact) mass is 223 g/mol. The molecule has 0 saturated heterocycles. The second-order valence-corrected chi connectivity index (χ2v) is 3.33. The van der Waals surface area contributed by atoms with Crippen LogP contribution in [0, 0.1) is 0 Å². The quantitative estimate of drug-likeness (QED) is 0.676. The third kappa shape index (κ3) is 3.16. The largest absolute Gasteiger partial charge is 0.338 e. The highest BCUT2D eigenvalue weighted by Crippen LogP contribution is 1.96. The van der Waals surface area contributed by atoms with Gasteiger partial charge in [-0.1, -0.05) is 11.3 Å². The molecule has 88 valence electrons. The van der Waals surface area contributed by atoms with Crippen molar-refractivity contribution < 1.29 is 4.79 Å². The molecule has 0 saturated carbocycles. The summed E-state index contributed by atoms with van der Waals surface area (Å²) < 4.78 is 1.50. The second-order valence-electron chi connectivity index (χ2n) is 3.33. The molecule has 0 aromatic carbocycles. The number of carbonyl (C=O) groups excluding carboxylic acids is 1. The van der Waals surface area contributed by atoms with Crippen LogP contribution in [0.15, 0.2) is 18.9 Å². The molecule has 0 atom stereocenters. The molecule has 2 N–H and O–H groups in total. The van der Waals surface area contributed by atoms with Crippen LogP contribution in [-0.2, 0) is 17.9 Å². The highest BCUT2D eigenvalue weighted by molar-refractivity contribution is 5.76. The number of amides is 1. The van der Waals surface area contributed by atoms with E-state index in [1.54, 1.807) is 17.2 Å². The van der Waals surface area contributed by atoms with Crippen molar-refractivity contribution in [3.05, 3.63) is 24.5 Å². The number of rotatable bonds is 6. The van der Waals surface area contributed by atoms with Crippen molar-refractivity contribution in [2.75, 3.05) is 13.1 Å². The number of nitrogens with zero attached hydrogens (tertiary/aromatic N) is 4. The first kappa shape index (κ1) is 12.4. The van der Waals surface area contributed by atoms with E-state index in [1.165, 1.54) is 4.68 Å². The average molecular weight is 223 g/mol. The first-order valence-corrected chi connectivity index (χ1v) is 5.19. The Morgan fingerprint density at radius 1 is 1.75 bits per heavy atom. The van der Waals surface area contributed by atoms with Gasteiger partial charge in [0.15, 0.2) is 0 Å². The standard InChI is InChI=1S/C10H17N5O/c1-3-5-14(4-2)10(16)8-15-7-9(6-11)12-13-15/h3,7H,1,4-6,8,11H2,2H3. The van der Waals surface area contributed by atoms with Gasteiger partial charge in [0.1, 0.15) is 6.54 Å². The minimum Gasteiger partial charge on any atom is -0.338 e. The summed E-state index contributed by atoms with van der Waals surface area (Å²) in [4.78, 5) is 13.5. The predicted molar refractivity (Wildman–Crippen MR) is 60.4 cm³/mol. The van der Waals surface area contributed by atoms with Crippen molar-refractivity contribution in [2.24, 2.45) is 5.73 Å². The van der Waals surface area contributed by atoms with Gasteiger partial charge in [0.25, 0.3) is 0 Å². The normalized spacial score (nSPS) is 10.1.